The Bertz CT molecular complexity index is 1210. The number of carbonyl (C=O) groups excluding carboxylic acids is 1. The van der Waals surface area contributed by atoms with Crippen LogP contribution in [0.25, 0.3) is 21.9 Å². The lowest BCUT2D eigenvalue weighted by Gasteiger charge is -2.23. The van der Waals surface area contributed by atoms with E-state index in [4.69, 9.17) is 0 Å². The second-order valence-electron chi connectivity index (χ2n) is 7.93. The molecule has 1 atom stereocenters. The van der Waals surface area contributed by atoms with Crippen LogP contribution < -0.4 is 10.6 Å². The van der Waals surface area contributed by atoms with Crippen molar-refractivity contribution in [1.29, 1.82) is 0 Å². The minimum atomic E-state index is -0.0285. The van der Waals surface area contributed by atoms with Crippen molar-refractivity contribution in [1.82, 2.24) is 30.5 Å². The Hall–Kier alpha value is -3.42. The third-order valence-electron chi connectivity index (χ3n) is 5.48. The van der Waals surface area contributed by atoms with Gasteiger partial charge in [-0.25, -0.2) is 9.97 Å². The van der Waals surface area contributed by atoms with Crippen LogP contribution in [0.4, 0.5) is 11.5 Å². The molecular weight excluding hydrogens is 366 g/mol. The van der Waals surface area contributed by atoms with Gasteiger partial charge in [-0.2, -0.15) is 5.10 Å². The number of rotatable bonds is 4. The number of fused-ring (bicyclic) bond motifs is 4. The maximum Gasteiger partial charge on any atom is 0.223 e. The van der Waals surface area contributed by atoms with Crippen LogP contribution in [0.3, 0.4) is 0 Å². The van der Waals surface area contributed by atoms with E-state index in [2.05, 4.69) is 35.8 Å². The van der Waals surface area contributed by atoms with E-state index < -0.39 is 0 Å². The lowest BCUT2D eigenvalue weighted by atomic mass is 9.86. The smallest absolute Gasteiger partial charge is 0.223 e. The Labute approximate surface area is 167 Å². The fourth-order valence-corrected chi connectivity index (χ4v) is 4.12. The van der Waals surface area contributed by atoms with Crippen LogP contribution in [-0.2, 0) is 17.6 Å². The molecule has 0 radical (unpaired) electrons. The second kappa shape index (κ2) is 6.88. The maximum absolute atomic E-state index is 12.6. The molecule has 0 bridgehead atoms. The minimum Gasteiger partial charge on any atom is -0.354 e. The summed E-state index contributed by atoms with van der Waals surface area (Å²) in [7, 11) is 0. The molecule has 0 saturated heterocycles. The number of hydrogen-bond acceptors (Lipinski definition) is 5. The van der Waals surface area contributed by atoms with Crippen molar-refractivity contribution in [3.8, 4) is 0 Å². The molecule has 1 aliphatic rings. The van der Waals surface area contributed by atoms with Gasteiger partial charge in [0.05, 0.1) is 17.1 Å². The maximum atomic E-state index is 12.6. The summed E-state index contributed by atoms with van der Waals surface area (Å²) < 4.78 is 0. The highest BCUT2D eigenvalue weighted by Gasteiger charge is 2.29. The number of nitrogens with zero attached hydrogens (tertiary/aromatic N) is 3. The Morgan fingerprint density at radius 2 is 2.17 bits per heavy atom. The number of anilines is 2. The minimum absolute atomic E-state index is 0.0285. The van der Waals surface area contributed by atoms with Gasteiger partial charge in [-0.15, -0.1) is 0 Å². The van der Waals surface area contributed by atoms with Crippen molar-refractivity contribution in [3.63, 3.8) is 0 Å². The van der Waals surface area contributed by atoms with Crippen molar-refractivity contribution in [2.24, 2.45) is 5.92 Å². The van der Waals surface area contributed by atoms with Crippen LogP contribution in [0, 0.1) is 5.92 Å². The zero-order valence-electron chi connectivity index (χ0n) is 16.4. The van der Waals surface area contributed by atoms with Crippen molar-refractivity contribution < 1.29 is 4.79 Å². The van der Waals surface area contributed by atoms with Gasteiger partial charge in [0.2, 0.25) is 5.91 Å². The van der Waals surface area contributed by atoms with Crippen LogP contribution >= 0.6 is 0 Å². The van der Waals surface area contributed by atoms with E-state index in [1.54, 1.807) is 12.5 Å². The van der Waals surface area contributed by atoms with Crippen molar-refractivity contribution in [2.45, 2.75) is 39.2 Å². The topological polar surface area (TPSA) is 111 Å². The molecule has 8 heteroatoms. The molecular formula is C21H23N7O. The molecule has 1 amide bonds. The van der Waals surface area contributed by atoms with Gasteiger partial charge in [0.1, 0.15) is 17.8 Å². The van der Waals surface area contributed by atoms with E-state index in [1.165, 1.54) is 0 Å². The van der Waals surface area contributed by atoms with Gasteiger partial charge in [-0.1, -0.05) is 0 Å². The highest BCUT2D eigenvalue weighted by atomic mass is 16.1. The van der Waals surface area contributed by atoms with Crippen LogP contribution in [0.2, 0.25) is 0 Å². The summed E-state index contributed by atoms with van der Waals surface area (Å²) in [5.74, 6) is 0.844. The van der Waals surface area contributed by atoms with Gasteiger partial charge in [0.15, 0.2) is 0 Å². The fourth-order valence-electron chi connectivity index (χ4n) is 4.12. The van der Waals surface area contributed by atoms with Gasteiger partial charge in [-0.3, -0.25) is 9.89 Å². The largest absolute Gasteiger partial charge is 0.354 e. The number of aromatic amines is 2. The number of aryl methyl sites for hydroxylation is 1. The first-order valence-corrected chi connectivity index (χ1v) is 9.93. The molecule has 0 spiro atoms. The SMILES string of the molecule is CC(C)NC(=O)C1CCc2[nH]c3ncnc(Nc4ccc5[nH]ncc5c4)c3c2C1. The number of amides is 1. The predicted molar refractivity (Wildman–Crippen MR) is 112 cm³/mol. The Morgan fingerprint density at radius 3 is 3.03 bits per heavy atom. The lowest BCUT2D eigenvalue weighted by Crippen LogP contribution is -2.37. The van der Waals surface area contributed by atoms with E-state index in [0.29, 0.717) is 6.42 Å². The number of hydrogen-bond donors (Lipinski definition) is 4. The van der Waals surface area contributed by atoms with Crippen LogP contribution in [0.5, 0.6) is 0 Å². The summed E-state index contributed by atoms with van der Waals surface area (Å²) in [6, 6.07) is 6.16. The fraction of sp³-hybridized carbons (Fsp3) is 0.333. The van der Waals surface area contributed by atoms with Crippen LogP contribution in [0.15, 0.2) is 30.7 Å². The molecule has 1 aliphatic carbocycles. The summed E-state index contributed by atoms with van der Waals surface area (Å²) in [5, 5.41) is 15.5. The zero-order chi connectivity index (χ0) is 20.0. The number of benzene rings is 1. The first-order valence-electron chi connectivity index (χ1n) is 9.93. The van der Waals surface area contributed by atoms with E-state index in [9.17, 15) is 4.79 Å². The van der Waals surface area contributed by atoms with Crippen LogP contribution in [0.1, 0.15) is 31.5 Å². The summed E-state index contributed by atoms with van der Waals surface area (Å²) in [5.41, 5.74) is 5.02. The molecule has 1 aromatic carbocycles. The number of aromatic nitrogens is 5. The van der Waals surface area contributed by atoms with Crippen molar-refractivity contribution >= 4 is 39.3 Å². The first-order chi connectivity index (χ1) is 14.1. The molecule has 148 valence electrons. The molecule has 1 unspecified atom stereocenters. The quantitative estimate of drug-likeness (QED) is 0.428. The van der Waals surface area contributed by atoms with Crippen molar-refractivity contribution in [2.75, 3.05) is 5.32 Å². The Balaban J connectivity index is 1.51. The Kier molecular flexibility index (Phi) is 4.19. The highest BCUT2D eigenvalue weighted by Crippen LogP contribution is 2.35. The van der Waals surface area contributed by atoms with E-state index in [0.717, 1.165) is 57.5 Å². The lowest BCUT2D eigenvalue weighted by molar-refractivity contribution is -0.125. The Morgan fingerprint density at radius 1 is 1.28 bits per heavy atom. The van der Waals surface area contributed by atoms with Gasteiger partial charge in [0, 0.05) is 28.7 Å². The average Bonchev–Trinajstić information content (AvgIpc) is 3.31. The van der Waals surface area contributed by atoms with Gasteiger partial charge in [0.25, 0.3) is 0 Å². The van der Waals surface area contributed by atoms with Crippen molar-refractivity contribution in [3.05, 3.63) is 42.0 Å². The van der Waals surface area contributed by atoms with E-state index in [-0.39, 0.29) is 17.9 Å². The van der Waals surface area contributed by atoms with E-state index >= 15 is 0 Å². The third kappa shape index (κ3) is 3.20. The first kappa shape index (κ1) is 17.7. The molecule has 3 aromatic heterocycles. The molecule has 3 heterocycles. The highest BCUT2D eigenvalue weighted by molar-refractivity contribution is 5.95. The molecule has 4 N–H and O–H groups in total. The number of nitrogens with one attached hydrogen (secondary N) is 4. The third-order valence-corrected chi connectivity index (χ3v) is 5.48. The summed E-state index contributed by atoms with van der Waals surface area (Å²) in [6.45, 7) is 3.98. The van der Waals surface area contributed by atoms with E-state index in [1.807, 2.05) is 32.0 Å². The number of H-pyrrole nitrogens is 2. The summed E-state index contributed by atoms with van der Waals surface area (Å²) in [6.07, 6.45) is 5.73. The van der Waals surface area contributed by atoms with Gasteiger partial charge >= 0.3 is 0 Å². The molecule has 4 aromatic rings. The summed E-state index contributed by atoms with van der Waals surface area (Å²) >= 11 is 0. The monoisotopic (exact) mass is 389 g/mol. The van der Waals surface area contributed by atoms with Crippen LogP contribution in [-0.4, -0.2) is 37.1 Å². The van der Waals surface area contributed by atoms with Gasteiger partial charge in [-0.05, 0) is 56.9 Å². The molecule has 0 fully saturated rings. The normalized spacial score (nSPS) is 16.3. The zero-order valence-corrected chi connectivity index (χ0v) is 16.4. The average molecular weight is 389 g/mol. The number of carbonyl (C=O) groups is 1. The second-order valence-corrected chi connectivity index (χ2v) is 7.93. The summed E-state index contributed by atoms with van der Waals surface area (Å²) in [4.78, 5) is 24.9. The predicted octanol–water partition coefficient (Wildman–Crippen LogP) is 3.21. The molecule has 0 saturated carbocycles. The van der Waals surface area contributed by atoms with Gasteiger partial charge < -0.3 is 15.6 Å². The molecule has 29 heavy (non-hydrogen) atoms. The molecule has 5 rings (SSSR count). The molecule has 0 aliphatic heterocycles. The standard InChI is InChI=1S/C21H23N7O/c1-11(2)25-21(29)12-3-5-17-15(8-12)18-19(22-10-23-20(18)27-17)26-14-4-6-16-13(7-14)9-24-28-16/h4,6-7,9-12H,3,5,8H2,1-2H3,(H,24,28)(H,25,29)(H2,22,23,26,27). The molecule has 8 nitrogen and oxygen atoms in total.